The van der Waals surface area contributed by atoms with E-state index < -0.39 is 0 Å². The Bertz CT molecular complexity index is 825. The van der Waals surface area contributed by atoms with Crippen molar-refractivity contribution in [2.75, 3.05) is 31.7 Å². The van der Waals surface area contributed by atoms with E-state index in [4.69, 9.17) is 9.47 Å². The number of carbonyl (C=O) groups excluding carboxylic acids is 2. The minimum atomic E-state index is -0.258. The molecule has 0 saturated carbocycles. The summed E-state index contributed by atoms with van der Waals surface area (Å²) in [5.74, 6) is 0.765. The Kier molecular flexibility index (Phi) is 7.44. The van der Waals surface area contributed by atoms with Gasteiger partial charge in [-0.25, -0.2) is 0 Å². The van der Waals surface area contributed by atoms with Gasteiger partial charge in [-0.15, -0.1) is 0 Å². The molecule has 0 aliphatic carbocycles. The number of nitrogens with zero attached hydrogens (tertiary/aromatic N) is 1. The van der Waals surface area contributed by atoms with Crippen molar-refractivity contribution in [3.8, 4) is 11.5 Å². The summed E-state index contributed by atoms with van der Waals surface area (Å²) in [4.78, 5) is 26.0. The average molecular weight is 384 g/mol. The van der Waals surface area contributed by atoms with E-state index in [0.29, 0.717) is 24.6 Å². The van der Waals surface area contributed by atoms with Crippen LogP contribution in [0.3, 0.4) is 0 Å². The number of hydrogen-bond donors (Lipinski definition) is 1. The van der Waals surface area contributed by atoms with E-state index in [0.717, 1.165) is 22.4 Å². The van der Waals surface area contributed by atoms with Crippen LogP contribution >= 0.6 is 0 Å². The first-order valence-corrected chi connectivity index (χ1v) is 9.22. The van der Waals surface area contributed by atoms with Crippen molar-refractivity contribution in [2.24, 2.45) is 0 Å². The second-order valence-electron chi connectivity index (χ2n) is 6.71. The fourth-order valence-corrected chi connectivity index (χ4v) is 3.26. The lowest BCUT2D eigenvalue weighted by atomic mass is 10.0. The van der Waals surface area contributed by atoms with Gasteiger partial charge in [0.2, 0.25) is 5.91 Å². The molecule has 2 aromatic carbocycles. The number of hydrogen-bond acceptors (Lipinski definition) is 4. The molecule has 150 valence electrons. The van der Waals surface area contributed by atoms with E-state index in [1.165, 1.54) is 6.92 Å². The molecule has 28 heavy (non-hydrogen) atoms. The lowest BCUT2D eigenvalue weighted by Crippen LogP contribution is -2.39. The molecule has 2 aromatic rings. The number of carbonyl (C=O) groups is 2. The van der Waals surface area contributed by atoms with Crippen molar-refractivity contribution in [2.45, 2.75) is 27.7 Å². The van der Waals surface area contributed by atoms with Gasteiger partial charge in [0.1, 0.15) is 0 Å². The van der Waals surface area contributed by atoms with Crippen molar-refractivity contribution in [3.05, 3.63) is 53.1 Å². The van der Waals surface area contributed by atoms with E-state index >= 15 is 0 Å². The summed E-state index contributed by atoms with van der Waals surface area (Å²) in [6.07, 6.45) is 0. The second-order valence-corrected chi connectivity index (χ2v) is 6.71. The highest BCUT2D eigenvalue weighted by Crippen LogP contribution is 2.27. The zero-order valence-electron chi connectivity index (χ0n) is 17.2. The van der Waals surface area contributed by atoms with Crippen LogP contribution in [0.5, 0.6) is 11.5 Å². The number of benzene rings is 2. The summed E-state index contributed by atoms with van der Waals surface area (Å²) in [6, 6.07) is 11.3. The first kappa shape index (κ1) is 21.3. The predicted molar refractivity (Wildman–Crippen MR) is 110 cm³/mol. The molecule has 0 aliphatic rings. The van der Waals surface area contributed by atoms with Crippen LogP contribution in [0.25, 0.3) is 0 Å². The Morgan fingerprint density at radius 3 is 2.21 bits per heavy atom. The minimum absolute atomic E-state index is 0.0606. The van der Waals surface area contributed by atoms with Crippen LogP contribution in [-0.4, -0.2) is 38.6 Å². The summed E-state index contributed by atoms with van der Waals surface area (Å²) in [5, 5.41) is 2.80. The third-order valence-corrected chi connectivity index (χ3v) is 4.37. The van der Waals surface area contributed by atoms with Crippen LogP contribution in [0, 0.1) is 20.8 Å². The van der Waals surface area contributed by atoms with Crippen LogP contribution in [0.1, 0.15) is 23.6 Å². The summed E-state index contributed by atoms with van der Waals surface area (Å²) < 4.78 is 10.7. The van der Waals surface area contributed by atoms with Gasteiger partial charge in [0.15, 0.2) is 18.1 Å². The molecule has 0 fully saturated rings. The first-order chi connectivity index (χ1) is 13.3. The number of ether oxygens (including phenoxy) is 2. The predicted octanol–water partition coefficient (Wildman–Crippen LogP) is 3.17. The summed E-state index contributed by atoms with van der Waals surface area (Å²) in [6.45, 7) is 8.15. The minimum Gasteiger partial charge on any atom is -0.493 e. The Morgan fingerprint density at radius 2 is 1.64 bits per heavy atom. The maximum atomic E-state index is 12.2. The number of aryl methyl sites for hydroxylation is 3. The van der Waals surface area contributed by atoms with E-state index in [-0.39, 0.29) is 18.4 Å². The molecule has 0 atom stereocenters. The van der Waals surface area contributed by atoms with Gasteiger partial charge in [0, 0.05) is 25.7 Å². The molecule has 6 nitrogen and oxygen atoms in total. The lowest BCUT2D eigenvalue weighted by molar-refractivity contribution is -0.123. The molecule has 1 N–H and O–H groups in total. The van der Waals surface area contributed by atoms with Crippen LogP contribution in [0.15, 0.2) is 36.4 Å². The van der Waals surface area contributed by atoms with Crippen molar-refractivity contribution in [1.29, 1.82) is 0 Å². The van der Waals surface area contributed by atoms with Gasteiger partial charge >= 0.3 is 0 Å². The van der Waals surface area contributed by atoms with Crippen LogP contribution in [0.2, 0.25) is 0 Å². The Balaban J connectivity index is 1.93. The quantitative estimate of drug-likeness (QED) is 0.759. The largest absolute Gasteiger partial charge is 0.493 e. The molecule has 0 bridgehead atoms. The van der Waals surface area contributed by atoms with Crippen LogP contribution < -0.4 is 19.7 Å². The highest BCUT2D eigenvalue weighted by molar-refractivity contribution is 5.93. The van der Waals surface area contributed by atoms with Crippen molar-refractivity contribution in [1.82, 2.24) is 5.32 Å². The number of anilines is 1. The average Bonchev–Trinajstić information content (AvgIpc) is 2.64. The summed E-state index contributed by atoms with van der Waals surface area (Å²) in [5.41, 5.74) is 4.14. The van der Waals surface area contributed by atoms with Crippen molar-refractivity contribution >= 4 is 17.5 Å². The molecule has 0 aromatic heterocycles. The van der Waals surface area contributed by atoms with E-state index in [1.54, 1.807) is 24.1 Å². The fraction of sp³-hybridized carbons (Fsp3) is 0.364. The fourth-order valence-electron chi connectivity index (χ4n) is 3.26. The number of amides is 2. The SMILES string of the molecule is COc1ccccc1OCC(=O)NCCN(C(C)=O)c1c(C)cc(C)cc1C. The van der Waals surface area contributed by atoms with Gasteiger partial charge < -0.3 is 19.7 Å². The molecule has 0 aliphatic heterocycles. The number of para-hydroxylation sites is 2. The molecule has 0 saturated heterocycles. The first-order valence-electron chi connectivity index (χ1n) is 9.22. The zero-order chi connectivity index (χ0) is 20.7. The maximum absolute atomic E-state index is 12.2. The lowest BCUT2D eigenvalue weighted by Gasteiger charge is -2.25. The molecule has 0 unspecified atom stereocenters. The summed E-state index contributed by atoms with van der Waals surface area (Å²) in [7, 11) is 1.55. The Labute approximate surface area is 166 Å². The van der Waals surface area contributed by atoms with Crippen LogP contribution in [-0.2, 0) is 9.59 Å². The Hall–Kier alpha value is -3.02. The third-order valence-electron chi connectivity index (χ3n) is 4.37. The third kappa shape index (κ3) is 5.49. The Morgan fingerprint density at radius 1 is 1.04 bits per heavy atom. The van der Waals surface area contributed by atoms with Crippen molar-refractivity contribution < 1.29 is 19.1 Å². The van der Waals surface area contributed by atoms with E-state index in [2.05, 4.69) is 17.4 Å². The molecular weight excluding hydrogens is 356 g/mol. The molecular formula is C22H28N2O4. The highest BCUT2D eigenvalue weighted by Gasteiger charge is 2.17. The van der Waals surface area contributed by atoms with Crippen molar-refractivity contribution in [3.63, 3.8) is 0 Å². The molecule has 2 amide bonds. The summed E-state index contributed by atoms with van der Waals surface area (Å²) >= 11 is 0. The van der Waals surface area contributed by atoms with Gasteiger partial charge in [-0.2, -0.15) is 0 Å². The normalized spacial score (nSPS) is 10.3. The molecule has 0 radical (unpaired) electrons. The molecule has 0 spiro atoms. The number of rotatable bonds is 8. The van der Waals surface area contributed by atoms with Gasteiger partial charge in [-0.05, 0) is 44.0 Å². The zero-order valence-corrected chi connectivity index (χ0v) is 17.2. The van der Waals surface area contributed by atoms with E-state index in [1.807, 2.05) is 32.9 Å². The highest BCUT2D eigenvalue weighted by atomic mass is 16.5. The van der Waals surface area contributed by atoms with Gasteiger partial charge in [-0.1, -0.05) is 29.8 Å². The van der Waals surface area contributed by atoms with Crippen LogP contribution in [0.4, 0.5) is 5.69 Å². The number of methoxy groups -OCH3 is 1. The van der Waals surface area contributed by atoms with Gasteiger partial charge in [0.05, 0.1) is 7.11 Å². The smallest absolute Gasteiger partial charge is 0.258 e. The number of nitrogens with one attached hydrogen (secondary N) is 1. The molecule has 6 heteroatoms. The molecule has 2 rings (SSSR count). The second kappa shape index (κ2) is 9.78. The standard InChI is InChI=1S/C22H28N2O4/c1-15-12-16(2)22(17(3)13-15)24(18(4)25)11-10-23-21(26)14-28-20-9-7-6-8-19(20)27-5/h6-9,12-13H,10-11,14H2,1-5H3,(H,23,26). The van der Waals surface area contributed by atoms with Gasteiger partial charge in [-0.3, -0.25) is 9.59 Å². The van der Waals surface area contributed by atoms with E-state index in [9.17, 15) is 9.59 Å². The topological polar surface area (TPSA) is 67.9 Å². The monoisotopic (exact) mass is 384 g/mol. The van der Waals surface area contributed by atoms with Gasteiger partial charge in [0.25, 0.3) is 5.91 Å². The molecule has 0 heterocycles. The maximum Gasteiger partial charge on any atom is 0.258 e.